The second-order valence-corrected chi connectivity index (χ2v) is 5.07. The summed E-state index contributed by atoms with van der Waals surface area (Å²) in [5, 5.41) is 3.19. The number of carbonyl (C=O) groups excluding carboxylic acids is 1. The maximum Gasteiger partial charge on any atom is 0.187 e. The summed E-state index contributed by atoms with van der Waals surface area (Å²) in [5.41, 5.74) is 3.98. The molecule has 0 unspecified atom stereocenters. The van der Waals surface area contributed by atoms with Gasteiger partial charge in [0.1, 0.15) is 5.75 Å². The fourth-order valence-electron chi connectivity index (χ4n) is 2.22. The first-order valence-corrected chi connectivity index (χ1v) is 7.38. The molecule has 0 aliphatic heterocycles. The molecular weight excluding hydrogens is 274 g/mol. The van der Waals surface area contributed by atoms with E-state index in [1.54, 1.807) is 24.4 Å². The second kappa shape index (κ2) is 7.46. The predicted molar refractivity (Wildman–Crippen MR) is 90.6 cm³/mol. The van der Waals surface area contributed by atoms with Crippen LogP contribution >= 0.6 is 0 Å². The Morgan fingerprint density at radius 1 is 1.09 bits per heavy atom. The first kappa shape index (κ1) is 15.8. The molecule has 0 radical (unpaired) electrons. The van der Waals surface area contributed by atoms with Gasteiger partial charge < -0.3 is 10.1 Å². The number of nitrogens with one attached hydrogen (secondary N) is 1. The van der Waals surface area contributed by atoms with Crippen LogP contribution in [0.3, 0.4) is 0 Å². The number of aryl methyl sites for hydroxylation is 2. The highest BCUT2D eigenvalue weighted by molar-refractivity contribution is 6.04. The topological polar surface area (TPSA) is 38.3 Å². The molecule has 1 N–H and O–H groups in total. The number of rotatable bonds is 6. The van der Waals surface area contributed by atoms with Gasteiger partial charge in [0.05, 0.1) is 6.61 Å². The number of ether oxygens (including phenoxy) is 1. The molecule has 0 amide bonds. The van der Waals surface area contributed by atoms with Crippen LogP contribution in [0.15, 0.2) is 54.7 Å². The lowest BCUT2D eigenvalue weighted by Crippen LogP contribution is -1.99. The Morgan fingerprint density at radius 3 is 2.32 bits per heavy atom. The summed E-state index contributed by atoms with van der Waals surface area (Å²) < 4.78 is 5.36. The third-order valence-corrected chi connectivity index (χ3v) is 3.39. The minimum atomic E-state index is -0.0400. The minimum absolute atomic E-state index is 0.0400. The molecule has 22 heavy (non-hydrogen) atoms. The number of benzene rings is 2. The summed E-state index contributed by atoms with van der Waals surface area (Å²) in [5.74, 6) is 0.735. The minimum Gasteiger partial charge on any atom is -0.494 e. The zero-order valence-corrected chi connectivity index (χ0v) is 13.2. The van der Waals surface area contributed by atoms with Gasteiger partial charge in [-0.25, -0.2) is 0 Å². The molecule has 0 bridgehead atoms. The van der Waals surface area contributed by atoms with Crippen molar-refractivity contribution in [3.05, 3.63) is 71.4 Å². The molecule has 2 rings (SSSR count). The zero-order chi connectivity index (χ0) is 15.9. The Morgan fingerprint density at radius 2 is 1.73 bits per heavy atom. The molecule has 2 aromatic rings. The van der Waals surface area contributed by atoms with Crippen molar-refractivity contribution < 1.29 is 9.53 Å². The van der Waals surface area contributed by atoms with E-state index in [4.69, 9.17) is 4.74 Å². The van der Waals surface area contributed by atoms with Crippen LogP contribution in [0.5, 0.6) is 5.75 Å². The molecule has 0 heterocycles. The number of para-hydroxylation sites is 1. The normalized spacial score (nSPS) is 10.7. The number of allylic oxidation sites excluding steroid dienone is 1. The Labute approximate surface area is 131 Å². The average molecular weight is 295 g/mol. The predicted octanol–water partition coefficient (Wildman–Crippen LogP) is 4.51. The van der Waals surface area contributed by atoms with Crippen LogP contribution in [0.1, 0.15) is 28.4 Å². The molecule has 3 heteroatoms. The molecule has 114 valence electrons. The van der Waals surface area contributed by atoms with Gasteiger partial charge in [0, 0.05) is 23.5 Å². The lowest BCUT2D eigenvalue weighted by atomic mass is 10.1. The standard InChI is InChI=1S/C19H21NO2/c1-4-22-17-10-8-16(9-11-17)18(21)12-13-20-19-14(2)6-5-7-15(19)3/h5-13,20H,4H2,1-3H3/b13-12+. The van der Waals surface area contributed by atoms with Crippen molar-refractivity contribution in [3.63, 3.8) is 0 Å². The van der Waals surface area contributed by atoms with Crippen molar-refractivity contribution >= 4 is 11.5 Å². The Kier molecular flexibility index (Phi) is 5.37. The highest BCUT2D eigenvalue weighted by Gasteiger charge is 2.03. The molecule has 3 nitrogen and oxygen atoms in total. The number of hydrogen-bond donors (Lipinski definition) is 1. The van der Waals surface area contributed by atoms with Crippen molar-refractivity contribution in [1.29, 1.82) is 0 Å². The van der Waals surface area contributed by atoms with Gasteiger partial charge in [-0.15, -0.1) is 0 Å². The summed E-state index contributed by atoms with van der Waals surface area (Å²) in [4.78, 5) is 12.1. The van der Waals surface area contributed by atoms with Gasteiger partial charge in [0.25, 0.3) is 0 Å². The van der Waals surface area contributed by atoms with E-state index in [2.05, 4.69) is 5.32 Å². The third kappa shape index (κ3) is 3.98. The smallest absolute Gasteiger partial charge is 0.187 e. The van der Waals surface area contributed by atoms with Crippen molar-refractivity contribution in [3.8, 4) is 5.75 Å². The number of hydrogen-bond acceptors (Lipinski definition) is 3. The Balaban J connectivity index is 2.02. The fourth-order valence-corrected chi connectivity index (χ4v) is 2.22. The van der Waals surface area contributed by atoms with E-state index in [0.717, 1.165) is 22.6 Å². The number of ketones is 1. The highest BCUT2D eigenvalue weighted by atomic mass is 16.5. The number of anilines is 1. The Hall–Kier alpha value is -2.55. The van der Waals surface area contributed by atoms with Crippen LogP contribution in [-0.2, 0) is 0 Å². The largest absolute Gasteiger partial charge is 0.494 e. The third-order valence-electron chi connectivity index (χ3n) is 3.39. The molecule has 0 saturated heterocycles. The van der Waals surface area contributed by atoms with Crippen molar-refractivity contribution in [2.45, 2.75) is 20.8 Å². The lowest BCUT2D eigenvalue weighted by molar-refractivity contribution is 0.104. The number of carbonyl (C=O) groups is 1. The van der Waals surface area contributed by atoms with E-state index in [9.17, 15) is 4.79 Å². The van der Waals surface area contributed by atoms with E-state index < -0.39 is 0 Å². The molecule has 0 spiro atoms. The van der Waals surface area contributed by atoms with Gasteiger partial charge in [0.2, 0.25) is 0 Å². The first-order valence-electron chi connectivity index (χ1n) is 7.38. The van der Waals surface area contributed by atoms with E-state index >= 15 is 0 Å². The van der Waals surface area contributed by atoms with Crippen LogP contribution in [0, 0.1) is 13.8 Å². The van der Waals surface area contributed by atoms with Gasteiger partial charge in [-0.05, 0) is 56.2 Å². The molecule has 2 aromatic carbocycles. The van der Waals surface area contributed by atoms with Gasteiger partial charge in [-0.2, -0.15) is 0 Å². The summed E-state index contributed by atoms with van der Waals surface area (Å²) in [6.45, 7) is 6.63. The SMILES string of the molecule is CCOc1ccc(C(=O)/C=C/Nc2c(C)cccc2C)cc1. The van der Waals surface area contributed by atoms with Gasteiger partial charge in [-0.3, -0.25) is 4.79 Å². The maximum atomic E-state index is 12.1. The molecule has 0 aliphatic carbocycles. The van der Waals surface area contributed by atoms with E-state index in [0.29, 0.717) is 12.2 Å². The lowest BCUT2D eigenvalue weighted by Gasteiger charge is -2.08. The monoisotopic (exact) mass is 295 g/mol. The van der Waals surface area contributed by atoms with Gasteiger partial charge in [0.15, 0.2) is 5.78 Å². The summed E-state index contributed by atoms with van der Waals surface area (Å²) in [6, 6.07) is 13.3. The summed E-state index contributed by atoms with van der Waals surface area (Å²) in [6.07, 6.45) is 3.23. The molecular formula is C19H21NO2. The Bertz CT molecular complexity index is 652. The van der Waals surface area contributed by atoms with Gasteiger partial charge in [-0.1, -0.05) is 18.2 Å². The van der Waals surface area contributed by atoms with E-state index in [-0.39, 0.29) is 5.78 Å². The zero-order valence-electron chi connectivity index (χ0n) is 13.2. The first-order chi connectivity index (χ1) is 10.6. The second-order valence-electron chi connectivity index (χ2n) is 5.07. The fraction of sp³-hybridized carbons (Fsp3) is 0.211. The summed E-state index contributed by atoms with van der Waals surface area (Å²) >= 11 is 0. The summed E-state index contributed by atoms with van der Waals surface area (Å²) in [7, 11) is 0. The molecule has 0 aromatic heterocycles. The van der Waals surface area contributed by atoms with Crippen LogP contribution in [0.4, 0.5) is 5.69 Å². The van der Waals surface area contributed by atoms with Crippen LogP contribution in [0.25, 0.3) is 0 Å². The van der Waals surface area contributed by atoms with E-state index in [1.807, 2.05) is 51.1 Å². The van der Waals surface area contributed by atoms with Crippen molar-refractivity contribution in [2.24, 2.45) is 0 Å². The molecule has 0 fully saturated rings. The molecule has 0 aliphatic rings. The van der Waals surface area contributed by atoms with Gasteiger partial charge >= 0.3 is 0 Å². The highest BCUT2D eigenvalue weighted by Crippen LogP contribution is 2.19. The van der Waals surface area contributed by atoms with E-state index in [1.165, 1.54) is 0 Å². The van der Waals surface area contributed by atoms with Crippen LogP contribution in [-0.4, -0.2) is 12.4 Å². The van der Waals surface area contributed by atoms with Crippen LogP contribution in [0.2, 0.25) is 0 Å². The molecule has 0 atom stereocenters. The maximum absolute atomic E-state index is 12.1. The van der Waals surface area contributed by atoms with Crippen LogP contribution < -0.4 is 10.1 Å². The molecule has 0 saturated carbocycles. The van der Waals surface area contributed by atoms with Crippen molar-refractivity contribution in [1.82, 2.24) is 0 Å². The average Bonchev–Trinajstić information content (AvgIpc) is 2.51. The van der Waals surface area contributed by atoms with Crippen molar-refractivity contribution in [2.75, 3.05) is 11.9 Å². The quantitative estimate of drug-likeness (QED) is 0.629.